The topological polar surface area (TPSA) is 70.6 Å². The van der Waals surface area contributed by atoms with Crippen molar-refractivity contribution in [3.8, 4) is 0 Å². The number of rotatable bonds is 6. The normalized spacial score (nSPS) is 26.8. The fourth-order valence-electron chi connectivity index (χ4n) is 6.31. The number of carbonyl (C=O) groups is 1. The van der Waals surface area contributed by atoms with Gasteiger partial charge in [-0.15, -0.1) is 11.3 Å². The van der Waals surface area contributed by atoms with Crippen LogP contribution in [0.1, 0.15) is 56.1 Å². The Morgan fingerprint density at radius 2 is 1.90 bits per heavy atom. The van der Waals surface area contributed by atoms with Gasteiger partial charge in [0.05, 0.1) is 20.6 Å². The third-order valence-electron chi connectivity index (χ3n) is 8.83. The Balaban J connectivity index is 1.29. The number of fused-ring (bicyclic) bond motifs is 1. The molecule has 1 amide bonds. The Labute approximate surface area is 229 Å². The summed E-state index contributed by atoms with van der Waals surface area (Å²) < 4.78 is 71.7. The molecule has 208 valence electrons. The summed E-state index contributed by atoms with van der Waals surface area (Å²) in [6.45, 7) is 1.96. The largest absolute Gasteiger partial charge is 0.334 e. The molecule has 2 aromatic carbocycles. The lowest BCUT2D eigenvalue weighted by molar-refractivity contribution is -0.139. The highest BCUT2D eigenvalue weighted by Gasteiger charge is 2.70. The van der Waals surface area contributed by atoms with E-state index >= 15 is 0 Å². The summed E-state index contributed by atoms with van der Waals surface area (Å²) in [7, 11) is -4.12. The lowest BCUT2D eigenvalue weighted by Gasteiger charge is -2.39. The maximum atomic E-state index is 14.3. The van der Waals surface area contributed by atoms with Crippen LogP contribution in [0.4, 0.5) is 13.2 Å². The van der Waals surface area contributed by atoms with Gasteiger partial charge in [-0.3, -0.25) is 4.79 Å². The van der Waals surface area contributed by atoms with Crippen molar-refractivity contribution in [2.24, 2.45) is 5.41 Å². The Bertz CT molecular complexity index is 1530. The summed E-state index contributed by atoms with van der Waals surface area (Å²) >= 11 is 1.52. The predicted molar refractivity (Wildman–Crippen MR) is 142 cm³/mol. The second kappa shape index (κ2) is 9.55. The molecule has 2 heterocycles. The lowest BCUT2D eigenvalue weighted by atomic mass is 9.82. The van der Waals surface area contributed by atoms with Gasteiger partial charge < -0.3 is 4.90 Å². The number of carbonyl (C=O) groups excluding carboxylic acids is 1. The van der Waals surface area contributed by atoms with E-state index in [1.54, 1.807) is 17.3 Å². The van der Waals surface area contributed by atoms with Crippen LogP contribution in [0.5, 0.6) is 0 Å². The Kier molecular flexibility index (Phi) is 6.54. The van der Waals surface area contributed by atoms with E-state index < -0.39 is 33.2 Å². The first-order chi connectivity index (χ1) is 18.5. The van der Waals surface area contributed by atoms with Crippen LogP contribution in [0.25, 0.3) is 10.2 Å². The van der Waals surface area contributed by atoms with Gasteiger partial charge in [-0.1, -0.05) is 12.1 Å². The third-order valence-corrected chi connectivity index (χ3v) is 11.5. The third kappa shape index (κ3) is 4.66. The highest BCUT2D eigenvalue weighted by Crippen LogP contribution is 2.67. The van der Waals surface area contributed by atoms with Gasteiger partial charge in [0.25, 0.3) is 5.92 Å². The first-order valence-electron chi connectivity index (χ1n) is 13.3. The molecule has 1 unspecified atom stereocenters. The monoisotopic (exact) mass is 577 g/mol. The van der Waals surface area contributed by atoms with Crippen LogP contribution in [0.15, 0.2) is 46.8 Å². The van der Waals surface area contributed by atoms with Gasteiger partial charge in [-0.25, -0.2) is 26.6 Å². The summed E-state index contributed by atoms with van der Waals surface area (Å²) in [5.74, 6) is -3.59. The second-order valence-corrected chi connectivity index (χ2v) is 14.0. The van der Waals surface area contributed by atoms with Crippen molar-refractivity contribution in [1.82, 2.24) is 14.2 Å². The molecule has 2 aliphatic carbocycles. The van der Waals surface area contributed by atoms with E-state index in [4.69, 9.17) is 0 Å². The maximum absolute atomic E-state index is 14.3. The predicted octanol–water partition coefficient (Wildman–Crippen LogP) is 5.89. The van der Waals surface area contributed by atoms with Gasteiger partial charge in [0.2, 0.25) is 15.9 Å². The zero-order chi connectivity index (χ0) is 27.6. The van der Waals surface area contributed by atoms with E-state index in [1.165, 1.54) is 27.8 Å². The van der Waals surface area contributed by atoms with E-state index in [1.807, 2.05) is 18.2 Å². The number of hydrogen-bond donors (Lipinski definition) is 0. The first-order valence-corrected chi connectivity index (χ1v) is 15.6. The van der Waals surface area contributed by atoms with Crippen LogP contribution in [0, 0.1) is 18.2 Å². The van der Waals surface area contributed by atoms with E-state index in [2.05, 4.69) is 4.98 Å². The van der Waals surface area contributed by atoms with Gasteiger partial charge in [-0.05, 0) is 80.8 Å². The molecule has 6 nitrogen and oxygen atoms in total. The molecule has 1 aromatic heterocycles. The number of halogens is 3. The molecule has 3 aromatic rings. The molecular formula is C28H30F3N3O3S2. The van der Waals surface area contributed by atoms with Crippen LogP contribution in [-0.2, 0) is 21.4 Å². The van der Waals surface area contributed by atoms with E-state index in [-0.39, 0.29) is 36.4 Å². The summed E-state index contributed by atoms with van der Waals surface area (Å²) in [5.41, 5.74) is 2.81. The molecule has 1 spiro atoms. The van der Waals surface area contributed by atoms with E-state index in [0.29, 0.717) is 44.1 Å². The molecule has 11 heteroatoms. The summed E-state index contributed by atoms with van der Waals surface area (Å²) in [5, 5.41) is 0. The minimum Gasteiger partial charge on any atom is -0.334 e. The molecular weight excluding hydrogens is 547 g/mol. The van der Waals surface area contributed by atoms with Gasteiger partial charge in [-0.2, -0.15) is 4.31 Å². The molecule has 1 aliphatic heterocycles. The first kappa shape index (κ1) is 26.7. The molecule has 0 N–H and O–H groups in total. The average Bonchev–Trinajstić information content (AvgIpc) is 3.35. The van der Waals surface area contributed by atoms with Crippen molar-refractivity contribution in [3.05, 3.63) is 58.9 Å². The Hall–Kier alpha value is -2.50. The molecule has 1 saturated heterocycles. The maximum Gasteiger partial charge on any atom is 0.254 e. The molecule has 3 aliphatic rings. The molecule has 0 bridgehead atoms. The number of benzene rings is 2. The van der Waals surface area contributed by atoms with Crippen LogP contribution in [-0.4, -0.2) is 53.1 Å². The van der Waals surface area contributed by atoms with E-state index in [9.17, 15) is 26.4 Å². The van der Waals surface area contributed by atoms with Crippen molar-refractivity contribution >= 4 is 37.5 Å². The fourth-order valence-corrected chi connectivity index (χ4v) is 8.63. The van der Waals surface area contributed by atoms with Gasteiger partial charge >= 0.3 is 0 Å². The fraction of sp³-hybridized carbons (Fsp3) is 0.500. The molecule has 39 heavy (non-hydrogen) atoms. The SMILES string of the molecule is Cc1ccc(S(=O)(=O)N2CCCC2C(=O)N(Cc2ccc3scnc3c2)C2CCC3(CC2)CC3(F)F)cc1F. The standard InChI is InChI=1S/C28H30F3N3O3S2/c1-18-4-6-21(14-22(18)29)39(36,37)34-12-2-3-24(34)26(35)33(15-19-5-7-25-23(13-19)32-17-38-25)20-8-10-27(11-9-20)16-28(27,30)31/h4-7,13-14,17,20,24H,2-3,8-12,15-16H2,1H3. The Morgan fingerprint density at radius 3 is 2.59 bits per heavy atom. The number of hydrogen-bond acceptors (Lipinski definition) is 5. The zero-order valence-corrected chi connectivity index (χ0v) is 23.2. The minimum absolute atomic E-state index is 0.0943. The summed E-state index contributed by atoms with van der Waals surface area (Å²) in [4.78, 5) is 20.1. The summed E-state index contributed by atoms with van der Waals surface area (Å²) in [6, 6.07) is 8.38. The number of sulfonamides is 1. The van der Waals surface area contributed by atoms with Gasteiger partial charge in [0.15, 0.2) is 0 Å². The Morgan fingerprint density at radius 1 is 1.15 bits per heavy atom. The van der Waals surface area contributed by atoms with E-state index in [0.717, 1.165) is 21.8 Å². The number of aromatic nitrogens is 1. The lowest BCUT2D eigenvalue weighted by Crippen LogP contribution is -2.51. The quantitative estimate of drug-likeness (QED) is 0.366. The zero-order valence-electron chi connectivity index (χ0n) is 21.6. The van der Waals surface area contributed by atoms with Crippen molar-refractivity contribution in [3.63, 3.8) is 0 Å². The van der Waals surface area contributed by atoms with Gasteiger partial charge in [0, 0.05) is 31.0 Å². The molecule has 6 rings (SSSR count). The van der Waals surface area contributed by atoms with Gasteiger partial charge in [0.1, 0.15) is 11.9 Å². The second-order valence-electron chi connectivity index (χ2n) is 11.2. The van der Waals surface area contributed by atoms with Crippen molar-refractivity contribution in [2.45, 2.75) is 81.3 Å². The highest BCUT2D eigenvalue weighted by atomic mass is 32.2. The number of alkyl halides is 2. The van der Waals surface area contributed by atoms with Crippen LogP contribution < -0.4 is 0 Å². The molecule has 1 atom stereocenters. The van der Waals surface area contributed by atoms with Crippen molar-refractivity contribution in [2.75, 3.05) is 6.54 Å². The molecule has 2 saturated carbocycles. The van der Waals surface area contributed by atoms with Crippen LogP contribution in [0.3, 0.4) is 0 Å². The number of thiazole rings is 1. The number of aryl methyl sites for hydroxylation is 1. The number of nitrogens with zero attached hydrogens (tertiary/aromatic N) is 3. The highest BCUT2D eigenvalue weighted by molar-refractivity contribution is 7.89. The molecule has 0 radical (unpaired) electrons. The average molecular weight is 578 g/mol. The van der Waals surface area contributed by atoms with Crippen molar-refractivity contribution < 1.29 is 26.4 Å². The van der Waals surface area contributed by atoms with Crippen LogP contribution >= 0.6 is 11.3 Å². The minimum atomic E-state index is -4.12. The summed E-state index contributed by atoms with van der Waals surface area (Å²) in [6.07, 6.45) is 2.34. The number of amides is 1. The molecule has 3 fully saturated rings. The smallest absolute Gasteiger partial charge is 0.254 e. The van der Waals surface area contributed by atoms with Crippen LogP contribution in [0.2, 0.25) is 0 Å². The van der Waals surface area contributed by atoms with Crippen molar-refractivity contribution in [1.29, 1.82) is 0 Å².